The van der Waals surface area contributed by atoms with Gasteiger partial charge in [0.15, 0.2) is 0 Å². The number of carbonyl (C=O) groups is 2. The number of anilines is 1. The summed E-state index contributed by atoms with van der Waals surface area (Å²) in [5.74, 6) is -3.89. The maximum absolute atomic E-state index is 14.1. The van der Waals surface area contributed by atoms with E-state index in [-0.39, 0.29) is 38.4 Å². The molecule has 1 unspecified atom stereocenters. The van der Waals surface area contributed by atoms with Gasteiger partial charge in [0.1, 0.15) is 23.4 Å². The molecular formula is C23H16BrFN4O4. The zero-order chi connectivity index (χ0) is 24.3. The number of halogens is 2. The highest BCUT2D eigenvalue weighted by Crippen LogP contribution is 2.44. The van der Waals surface area contributed by atoms with Crippen LogP contribution in [-0.2, 0) is 19.1 Å². The molecule has 0 radical (unpaired) electrons. The molecule has 0 saturated carbocycles. The van der Waals surface area contributed by atoms with E-state index in [1.807, 2.05) is 12.1 Å². The summed E-state index contributed by atoms with van der Waals surface area (Å²) >= 11 is 3.05. The number of allylic oxidation sites excluding steroid dienone is 1. The number of methoxy groups -OCH3 is 2. The Morgan fingerprint density at radius 3 is 2.27 bits per heavy atom. The van der Waals surface area contributed by atoms with Crippen molar-refractivity contribution in [3.8, 4) is 12.1 Å². The summed E-state index contributed by atoms with van der Waals surface area (Å²) in [6.45, 7) is 0. The van der Waals surface area contributed by atoms with Crippen molar-refractivity contribution in [3.05, 3.63) is 86.5 Å². The summed E-state index contributed by atoms with van der Waals surface area (Å²) in [7, 11) is 2.23. The third kappa shape index (κ3) is 4.04. The van der Waals surface area contributed by atoms with E-state index < -0.39 is 23.7 Å². The normalized spacial score (nSPS) is 15.6. The summed E-state index contributed by atoms with van der Waals surface area (Å²) in [5, 5.41) is 19.6. The van der Waals surface area contributed by atoms with E-state index in [9.17, 15) is 24.5 Å². The zero-order valence-electron chi connectivity index (χ0n) is 17.4. The average molecular weight is 511 g/mol. The van der Waals surface area contributed by atoms with Gasteiger partial charge in [0, 0.05) is 0 Å². The van der Waals surface area contributed by atoms with Crippen LogP contribution < -0.4 is 10.6 Å². The van der Waals surface area contributed by atoms with Gasteiger partial charge >= 0.3 is 11.9 Å². The number of esters is 2. The van der Waals surface area contributed by atoms with Crippen LogP contribution in [0.5, 0.6) is 0 Å². The van der Waals surface area contributed by atoms with Gasteiger partial charge in [0.25, 0.3) is 0 Å². The van der Waals surface area contributed by atoms with Crippen molar-refractivity contribution in [2.45, 2.75) is 5.92 Å². The van der Waals surface area contributed by atoms with Crippen molar-refractivity contribution in [2.75, 3.05) is 19.1 Å². The van der Waals surface area contributed by atoms with Gasteiger partial charge in [-0.2, -0.15) is 10.5 Å². The first-order chi connectivity index (χ1) is 15.8. The van der Waals surface area contributed by atoms with E-state index in [1.54, 1.807) is 30.3 Å². The van der Waals surface area contributed by atoms with Crippen LogP contribution in [0.2, 0.25) is 0 Å². The van der Waals surface area contributed by atoms with Crippen LogP contribution in [0.3, 0.4) is 0 Å². The fourth-order valence-electron chi connectivity index (χ4n) is 3.57. The number of hydrogen-bond acceptors (Lipinski definition) is 8. The number of hydrogen-bond donors (Lipinski definition) is 1. The summed E-state index contributed by atoms with van der Waals surface area (Å²) < 4.78 is 24.0. The minimum atomic E-state index is -1.05. The maximum Gasteiger partial charge on any atom is 0.355 e. The van der Waals surface area contributed by atoms with Crippen molar-refractivity contribution >= 4 is 33.6 Å². The van der Waals surface area contributed by atoms with Gasteiger partial charge < -0.3 is 15.2 Å². The van der Waals surface area contributed by atoms with Crippen molar-refractivity contribution in [3.63, 3.8) is 0 Å². The summed E-state index contributed by atoms with van der Waals surface area (Å²) in [6, 6.07) is 14.5. The van der Waals surface area contributed by atoms with Crippen molar-refractivity contribution in [1.29, 1.82) is 10.5 Å². The van der Waals surface area contributed by atoms with Crippen molar-refractivity contribution in [2.24, 2.45) is 5.73 Å². The fraction of sp³-hybridized carbons (Fsp3) is 0.130. The standard InChI is InChI=1S/C23H16BrFN4O4/c1-32-22(30)19-18(12-6-4-3-5-7-12)14(11-27)21(28)29(20(19)23(31)33-2)17-9-15(24)16(25)8-13(17)10-26/h3-9,18H,28H2,1-2H3. The lowest BCUT2D eigenvalue weighted by atomic mass is 9.80. The molecule has 0 fully saturated rings. The first-order valence-electron chi connectivity index (χ1n) is 9.35. The first-order valence-corrected chi connectivity index (χ1v) is 10.1. The topological polar surface area (TPSA) is 129 Å². The second-order valence-electron chi connectivity index (χ2n) is 6.73. The summed E-state index contributed by atoms with van der Waals surface area (Å²) in [6.07, 6.45) is 0. The van der Waals surface area contributed by atoms with Crippen molar-refractivity contribution in [1.82, 2.24) is 0 Å². The van der Waals surface area contributed by atoms with E-state index in [0.29, 0.717) is 5.56 Å². The number of ether oxygens (including phenoxy) is 2. The molecule has 8 nitrogen and oxygen atoms in total. The number of nitriles is 2. The molecule has 2 aromatic carbocycles. The van der Waals surface area contributed by atoms with Gasteiger partial charge in [-0.05, 0) is 33.6 Å². The number of benzene rings is 2. The van der Waals surface area contributed by atoms with Crippen LogP contribution in [0, 0.1) is 28.5 Å². The number of nitrogens with two attached hydrogens (primary N) is 1. The lowest BCUT2D eigenvalue weighted by Gasteiger charge is -2.36. The molecule has 1 aliphatic heterocycles. The lowest BCUT2D eigenvalue weighted by molar-refractivity contribution is -0.139. The van der Waals surface area contributed by atoms with E-state index in [4.69, 9.17) is 15.2 Å². The van der Waals surface area contributed by atoms with E-state index in [2.05, 4.69) is 15.9 Å². The molecule has 2 N–H and O–H groups in total. The van der Waals surface area contributed by atoms with Crippen LogP contribution in [0.1, 0.15) is 17.0 Å². The molecule has 1 aliphatic rings. The van der Waals surface area contributed by atoms with E-state index >= 15 is 0 Å². The Morgan fingerprint density at radius 1 is 1.09 bits per heavy atom. The van der Waals surface area contributed by atoms with Gasteiger partial charge in [-0.3, -0.25) is 4.90 Å². The summed E-state index contributed by atoms with van der Waals surface area (Å²) in [5.41, 5.74) is 5.98. The lowest BCUT2D eigenvalue weighted by Crippen LogP contribution is -2.41. The minimum Gasteiger partial charge on any atom is -0.466 e. The maximum atomic E-state index is 14.1. The molecule has 1 heterocycles. The van der Waals surface area contributed by atoms with Crippen LogP contribution in [0.4, 0.5) is 10.1 Å². The zero-order valence-corrected chi connectivity index (χ0v) is 19.0. The van der Waals surface area contributed by atoms with Crippen LogP contribution in [0.15, 0.2) is 69.6 Å². The van der Waals surface area contributed by atoms with E-state index in [1.165, 1.54) is 6.07 Å². The monoisotopic (exact) mass is 510 g/mol. The van der Waals surface area contributed by atoms with Gasteiger partial charge in [0.05, 0.1) is 53.1 Å². The quantitative estimate of drug-likeness (QED) is 0.619. The van der Waals surface area contributed by atoms with Crippen LogP contribution >= 0.6 is 15.9 Å². The minimum absolute atomic E-state index is 0.0307. The molecule has 0 bridgehead atoms. The Bertz CT molecular complexity index is 1290. The Hall–Kier alpha value is -4.15. The second-order valence-corrected chi connectivity index (χ2v) is 7.58. The highest BCUT2D eigenvalue weighted by molar-refractivity contribution is 9.10. The average Bonchev–Trinajstić information content (AvgIpc) is 2.84. The molecule has 0 amide bonds. The molecule has 0 aliphatic carbocycles. The predicted octanol–water partition coefficient (Wildman–Crippen LogP) is 3.36. The summed E-state index contributed by atoms with van der Waals surface area (Å²) in [4.78, 5) is 27.0. The Morgan fingerprint density at radius 2 is 1.73 bits per heavy atom. The Kier molecular flexibility index (Phi) is 6.80. The van der Waals surface area contributed by atoms with Gasteiger partial charge in [-0.1, -0.05) is 30.3 Å². The molecule has 3 rings (SSSR count). The third-order valence-corrected chi connectivity index (χ3v) is 5.62. The molecule has 0 saturated heterocycles. The van der Waals surface area contributed by atoms with E-state index in [0.717, 1.165) is 25.2 Å². The number of carbonyl (C=O) groups excluding carboxylic acids is 2. The first kappa shape index (κ1) is 23.5. The van der Waals surface area contributed by atoms with Gasteiger partial charge in [-0.15, -0.1) is 0 Å². The van der Waals surface area contributed by atoms with Crippen molar-refractivity contribution < 1.29 is 23.5 Å². The highest BCUT2D eigenvalue weighted by atomic mass is 79.9. The van der Waals surface area contributed by atoms with Crippen LogP contribution in [0.25, 0.3) is 0 Å². The Balaban J connectivity index is 2.49. The molecule has 0 aromatic heterocycles. The van der Waals surface area contributed by atoms with Gasteiger partial charge in [-0.25, -0.2) is 14.0 Å². The largest absolute Gasteiger partial charge is 0.466 e. The molecule has 0 spiro atoms. The molecule has 166 valence electrons. The molecule has 10 heteroatoms. The molecule has 33 heavy (non-hydrogen) atoms. The SMILES string of the molecule is COC(=O)C1=C(C(=O)OC)N(c2cc(Br)c(F)cc2C#N)C(N)=C(C#N)C1c1ccccc1. The predicted molar refractivity (Wildman–Crippen MR) is 118 cm³/mol. The number of nitrogens with zero attached hydrogens (tertiary/aromatic N) is 3. The van der Waals surface area contributed by atoms with Crippen LogP contribution in [-0.4, -0.2) is 26.2 Å². The second kappa shape index (κ2) is 9.55. The number of rotatable bonds is 4. The third-order valence-electron chi connectivity index (χ3n) is 5.01. The molecular weight excluding hydrogens is 495 g/mol. The molecule has 2 aromatic rings. The Labute approximate surface area is 197 Å². The highest BCUT2D eigenvalue weighted by Gasteiger charge is 2.43. The smallest absolute Gasteiger partial charge is 0.355 e. The fourth-order valence-corrected chi connectivity index (χ4v) is 3.91. The van der Waals surface area contributed by atoms with Gasteiger partial charge in [0.2, 0.25) is 0 Å². The molecule has 1 atom stereocenters.